The lowest BCUT2D eigenvalue weighted by molar-refractivity contribution is 0.108. The molecule has 0 aliphatic rings. The Hall–Kier alpha value is -2.97. The van der Waals surface area contributed by atoms with Crippen LogP contribution in [0.15, 0.2) is 28.8 Å². The normalized spacial score (nSPS) is 12.1. The standard InChI is InChI=1S/C21H26N4O4/c1-12-19(18-13(2)25-29-14(18)3)23-20(24-21(12)27-5)15-7-6-8-17(9-15)28-11-16(26)10-22-4/h6-9,16,22,26H,10-11H2,1-5H3. The summed E-state index contributed by atoms with van der Waals surface area (Å²) >= 11 is 0. The summed E-state index contributed by atoms with van der Waals surface area (Å²) in [7, 11) is 3.36. The molecule has 2 N–H and O–H groups in total. The molecular weight excluding hydrogens is 372 g/mol. The molecule has 2 heterocycles. The highest BCUT2D eigenvalue weighted by Gasteiger charge is 2.20. The van der Waals surface area contributed by atoms with Crippen LogP contribution < -0.4 is 14.8 Å². The highest BCUT2D eigenvalue weighted by molar-refractivity contribution is 5.71. The van der Waals surface area contributed by atoms with E-state index >= 15 is 0 Å². The maximum atomic E-state index is 9.85. The van der Waals surface area contributed by atoms with Crippen molar-refractivity contribution in [1.82, 2.24) is 20.4 Å². The predicted octanol–water partition coefficient (Wildman–Crippen LogP) is 2.69. The molecule has 0 radical (unpaired) electrons. The largest absolute Gasteiger partial charge is 0.491 e. The minimum atomic E-state index is -0.592. The number of aryl methyl sites for hydroxylation is 2. The van der Waals surface area contributed by atoms with Crippen molar-refractivity contribution in [1.29, 1.82) is 0 Å². The molecule has 0 bridgehead atoms. The van der Waals surface area contributed by atoms with E-state index in [1.807, 2.05) is 45.0 Å². The molecule has 0 aliphatic heterocycles. The maximum Gasteiger partial charge on any atom is 0.220 e. The van der Waals surface area contributed by atoms with Crippen molar-refractivity contribution in [3.8, 4) is 34.3 Å². The van der Waals surface area contributed by atoms with Gasteiger partial charge >= 0.3 is 0 Å². The Morgan fingerprint density at radius 3 is 2.66 bits per heavy atom. The summed E-state index contributed by atoms with van der Waals surface area (Å²) in [6.45, 7) is 6.29. The lowest BCUT2D eigenvalue weighted by Gasteiger charge is -2.14. The van der Waals surface area contributed by atoms with Crippen molar-refractivity contribution >= 4 is 0 Å². The van der Waals surface area contributed by atoms with Gasteiger partial charge in [-0.05, 0) is 40.0 Å². The van der Waals surface area contributed by atoms with E-state index in [0.29, 0.717) is 29.8 Å². The molecule has 29 heavy (non-hydrogen) atoms. The van der Waals surface area contributed by atoms with E-state index in [-0.39, 0.29) is 6.61 Å². The number of aliphatic hydroxyl groups is 1. The third-order valence-corrected chi connectivity index (χ3v) is 4.54. The molecule has 8 nitrogen and oxygen atoms in total. The van der Waals surface area contributed by atoms with Crippen LogP contribution in [0.2, 0.25) is 0 Å². The van der Waals surface area contributed by atoms with Crippen LogP contribution in [0, 0.1) is 20.8 Å². The van der Waals surface area contributed by atoms with Crippen molar-refractivity contribution < 1.29 is 19.1 Å². The number of hydrogen-bond acceptors (Lipinski definition) is 8. The number of hydrogen-bond donors (Lipinski definition) is 2. The third kappa shape index (κ3) is 4.55. The van der Waals surface area contributed by atoms with Crippen LogP contribution in [-0.2, 0) is 0 Å². The smallest absolute Gasteiger partial charge is 0.220 e. The number of methoxy groups -OCH3 is 1. The van der Waals surface area contributed by atoms with Crippen molar-refractivity contribution in [3.63, 3.8) is 0 Å². The molecule has 0 fully saturated rings. The molecule has 0 saturated carbocycles. The van der Waals surface area contributed by atoms with E-state index in [1.54, 1.807) is 14.2 Å². The Kier molecular flexibility index (Phi) is 6.46. The molecule has 1 unspecified atom stereocenters. The van der Waals surface area contributed by atoms with Crippen LogP contribution in [0.3, 0.4) is 0 Å². The number of nitrogens with zero attached hydrogens (tertiary/aromatic N) is 3. The lowest BCUT2D eigenvalue weighted by Crippen LogP contribution is -2.29. The summed E-state index contributed by atoms with van der Waals surface area (Å²) < 4.78 is 16.5. The van der Waals surface area contributed by atoms with E-state index in [1.165, 1.54) is 0 Å². The average molecular weight is 398 g/mol. The molecular formula is C21H26N4O4. The number of rotatable bonds is 8. The first-order chi connectivity index (χ1) is 13.9. The fourth-order valence-electron chi connectivity index (χ4n) is 3.10. The van der Waals surface area contributed by atoms with Gasteiger partial charge in [0, 0.05) is 17.7 Å². The van der Waals surface area contributed by atoms with Gasteiger partial charge in [-0.3, -0.25) is 0 Å². The third-order valence-electron chi connectivity index (χ3n) is 4.54. The minimum Gasteiger partial charge on any atom is -0.491 e. The van der Waals surface area contributed by atoms with Crippen LogP contribution in [-0.4, -0.2) is 53.6 Å². The molecule has 8 heteroatoms. The van der Waals surface area contributed by atoms with Crippen LogP contribution in [0.25, 0.3) is 22.6 Å². The van der Waals surface area contributed by atoms with Crippen LogP contribution in [0.4, 0.5) is 0 Å². The van der Waals surface area contributed by atoms with Gasteiger partial charge in [-0.25, -0.2) is 4.98 Å². The summed E-state index contributed by atoms with van der Waals surface area (Å²) in [5.74, 6) is 2.30. The highest BCUT2D eigenvalue weighted by atomic mass is 16.5. The molecule has 3 aromatic rings. The molecule has 0 amide bonds. The number of benzene rings is 1. The van der Waals surface area contributed by atoms with E-state index in [4.69, 9.17) is 19.0 Å². The first-order valence-corrected chi connectivity index (χ1v) is 9.36. The van der Waals surface area contributed by atoms with Gasteiger partial charge in [-0.15, -0.1) is 0 Å². The van der Waals surface area contributed by atoms with E-state index < -0.39 is 6.10 Å². The summed E-state index contributed by atoms with van der Waals surface area (Å²) in [4.78, 5) is 9.33. The van der Waals surface area contributed by atoms with Gasteiger partial charge in [-0.2, -0.15) is 4.98 Å². The van der Waals surface area contributed by atoms with Crippen LogP contribution in [0.5, 0.6) is 11.6 Å². The number of ether oxygens (including phenoxy) is 2. The molecule has 154 valence electrons. The van der Waals surface area contributed by atoms with Gasteiger partial charge in [0.1, 0.15) is 24.2 Å². The number of nitrogens with one attached hydrogen (secondary N) is 1. The summed E-state index contributed by atoms with van der Waals surface area (Å²) in [5, 5.41) is 16.8. The summed E-state index contributed by atoms with van der Waals surface area (Å²) in [6, 6.07) is 7.43. The van der Waals surface area contributed by atoms with Crippen molar-refractivity contribution in [2.45, 2.75) is 26.9 Å². The van der Waals surface area contributed by atoms with Crippen LogP contribution in [0.1, 0.15) is 17.0 Å². The predicted molar refractivity (Wildman–Crippen MR) is 109 cm³/mol. The van der Waals surface area contributed by atoms with Crippen molar-refractivity contribution in [3.05, 3.63) is 41.3 Å². The van der Waals surface area contributed by atoms with E-state index in [9.17, 15) is 5.11 Å². The topological polar surface area (TPSA) is 103 Å². The van der Waals surface area contributed by atoms with Gasteiger partial charge in [0.15, 0.2) is 5.82 Å². The molecule has 1 aromatic carbocycles. The van der Waals surface area contributed by atoms with Gasteiger partial charge < -0.3 is 24.4 Å². The fraction of sp³-hybridized carbons (Fsp3) is 0.381. The Morgan fingerprint density at radius 2 is 2.00 bits per heavy atom. The second-order valence-corrected chi connectivity index (χ2v) is 6.78. The number of likely N-dealkylation sites (N-methyl/N-ethyl adjacent to an activating group) is 1. The molecule has 1 atom stereocenters. The SMILES string of the molecule is CNCC(O)COc1cccc(-c2nc(OC)c(C)c(-c3c(C)noc3C)n2)c1. The zero-order valence-electron chi connectivity index (χ0n) is 17.3. The average Bonchev–Trinajstić information content (AvgIpc) is 3.05. The first kappa shape index (κ1) is 20.8. The van der Waals surface area contributed by atoms with Crippen LogP contribution >= 0.6 is 0 Å². The second kappa shape index (κ2) is 9.02. The minimum absolute atomic E-state index is 0.187. The Bertz CT molecular complexity index is 967. The Morgan fingerprint density at radius 1 is 1.21 bits per heavy atom. The quantitative estimate of drug-likeness (QED) is 0.597. The maximum absolute atomic E-state index is 9.85. The van der Waals surface area contributed by atoms with Gasteiger partial charge in [0.25, 0.3) is 0 Å². The highest BCUT2D eigenvalue weighted by Crippen LogP contribution is 2.34. The summed E-state index contributed by atoms with van der Waals surface area (Å²) in [5.41, 5.74) is 3.91. The van der Waals surface area contributed by atoms with E-state index in [2.05, 4.69) is 15.5 Å². The van der Waals surface area contributed by atoms with Crippen molar-refractivity contribution in [2.75, 3.05) is 27.3 Å². The molecule has 0 spiro atoms. The van der Waals surface area contributed by atoms with Gasteiger partial charge in [0.2, 0.25) is 5.88 Å². The first-order valence-electron chi connectivity index (χ1n) is 9.36. The lowest BCUT2D eigenvalue weighted by atomic mass is 10.1. The van der Waals surface area contributed by atoms with Gasteiger partial charge in [0.05, 0.1) is 24.1 Å². The fourth-order valence-corrected chi connectivity index (χ4v) is 3.10. The molecule has 3 rings (SSSR count). The Balaban J connectivity index is 1.99. The molecule has 2 aromatic heterocycles. The van der Waals surface area contributed by atoms with Crippen molar-refractivity contribution in [2.24, 2.45) is 0 Å². The molecule has 0 saturated heterocycles. The monoisotopic (exact) mass is 398 g/mol. The Labute approximate surface area is 169 Å². The molecule has 0 aliphatic carbocycles. The summed E-state index contributed by atoms with van der Waals surface area (Å²) in [6.07, 6.45) is -0.592. The van der Waals surface area contributed by atoms with E-state index in [0.717, 1.165) is 28.1 Å². The van der Waals surface area contributed by atoms with Gasteiger partial charge in [-0.1, -0.05) is 17.3 Å². The zero-order chi connectivity index (χ0) is 21.0. The zero-order valence-corrected chi connectivity index (χ0v) is 17.3. The number of aliphatic hydroxyl groups excluding tert-OH is 1. The number of aromatic nitrogens is 3. The second-order valence-electron chi connectivity index (χ2n) is 6.78.